The van der Waals surface area contributed by atoms with Crippen LogP contribution < -0.4 is 4.90 Å². The van der Waals surface area contributed by atoms with Gasteiger partial charge in [0.15, 0.2) is 0 Å². The smallest absolute Gasteiger partial charge is 0.278 e. The zero-order valence-electron chi connectivity index (χ0n) is 17.6. The second-order valence-electron chi connectivity index (χ2n) is 8.38. The van der Waals surface area contributed by atoms with E-state index in [4.69, 9.17) is 0 Å². The first-order valence-electron chi connectivity index (χ1n) is 11.2. The number of amides is 2. The number of anilines is 1. The monoisotopic (exact) mass is 417 g/mol. The van der Waals surface area contributed by atoms with E-state index in [0.717, 1.165) is 31.2 Å². The molecule has 2 aliphatic heterocycles. The highest BCUT2D eigenvalue weighted by molar-refractivity contribution is 6.35. The second kappa shape index (κ2) is 8.49. The minimum atomic E-state index is -0.132. The summed E-state index contributed by atoms with van der Waals surface area (Å²) >= 11 is 0. The minimum absolute atomic E-state index is 0.0176. The molecule has 0 atom stereocenters. The predicted molar refractivity (Wildman–Crippen MR) is 118 cm³/mol. The van der Waals surface area contributed by atoms with Crippen LogP contribution in [0.2, 0.25) is 0 Å². The quantitative estimate of drug-likeness (QED) is 0.713. The maximum Gasteiger partial charge on any atom is 0.278 e. The molecular formula is C24H27N5O2. The zero-order chi connectivity index (χ0) is 21.2. The summed E-state index contributed by atoms with van der Waals surface area (Å²) in [7, 11) is 0. The molecule has 3 heterocycles. The van der Waals surface area contributed by atoms with E-state index >= 15 is 0 Å². The number of nitrogens with zero attached hydrogens (tertiary/aromatic N) is 5. The summed E-state index contributed by atoms with van der Waals surface area (Å²) in [5, 5.41) is 0. The maximum atomic E-state index is 13.6. The van der Waals surface area contributed by atoms with Crippen LogP contribution in [-0.4, -0.2) is 63.8 Å². The van der Waals surface area contributed by atoms with Crippen LogP contribution in [0, 0.1) is 0 Å². The summed E-state index contributed by atoms with van der Waals surface area (Å²) < 4.78 is 0. The first kappa shape index (κ1) is 19.7. The Morgan fingerprint density at radius 3 is 2.06 bits per heavy atom. The Balaban J connectivity index is 1.44. The highest BCUT2D eigenvalue weighted by Crippen LogP contribution is 2.36. The van der Waals surface area contributed by atoms with Gasteiger partial charge in [-0.2, -0.15) is 0 Å². The number of imide groups is 1. The third-order valence-corrected chi connectivity index (χ3v) is 6.52. The van der Waals surface area contributed by atoms with Gasteiger partial charge in [-0.1, -0.05) is 49.6 Å². The van der Waals surface area contributed by atoms with Crippen LogP contribution in [0.15, 0.2) is 54.5 Å². The molecule has 160 valence electrons. The zero-order valence-corrected chi connectivity index (χ0v) is 17.6. The number of rotatable bonds is 4. The van der Waals surface area contributed by atoms with E-state index in [-0.39, 0.29) is 17.9 Å². The number of carbonyl (C=O) groups is 2. The second-order valence-corrected chi connectivity index (χ2v) is 8.38. The van der Waals surface area contributed by atoms with Crippen LogP contribution in [0.4, 0.5) is 5.95 Å². The summed E-state index contributed by atoms with van der Waals surface area (Å²) in [6.45, 7) is 2.73. The Kier molecular flexibility index (Phi) is 5.40. The van der Waals surface area contributed by atoms with Crippen molar-refractivity contribution in [3.8, 4) is 0 Å². The molecule has 1 saturated heterocycles. The van der Waals surface area contributed by atoms with Gasteiger partial charge in [-0.15, -0.1) is 0 Å². The fourth-order valence-electron chi connectivity index (χ4n) is 4.95. The number of hydrogen-bond donors (Lipinski definition) is 0. The van der Waals surface area contributed by atoms with Crippen LogP contribution >= 0.6 is 0 Å². The topological polar surface area (TPSA) is 69.6 Å². The number of hydrogen-bond acceptors (Lipinski definition) is 6. The lowest BCUT2D eigenvalue weighted by atomic mass is 9.94. The van der Waals surface area contributed by atoms with Crippen molar-refractivity contribution in [2.75, 3.05) is 31.1 Å². The van der Waals surface area contributed by atoms with Crippen molar-refractivity contribution in [3.05, 3.63) is 60.1 Å². The van der Waals surface area contributed by atoms with E-state index in [1.54, 1.807) is 23.4 Å². The van der Waals surface area contributed by atoms with Gasteiger partial charge in [0.05, 0.1) is 5.57 Å². The molecule has 1 aliphatic carbocycles. The Labute approximate surface area is 182 Å². The standard InChI is InChI=1S/C24H27N5O2/c30-22-20(18-8-3-1-4-9-18)21(23(31)29(22)19-10-5-2-6-11-19)27-14-16-28(17-15-27)24-25-12-7-13-26-24/h1,3-4,7-9,12-13,19H,2,5-6,10-11,14-17H2. The molecule has 7 nitrogen and oxygen atoms in total. The van der Waals surface area contributed by atoms with Crippen molar-refractivity contribution >= 4 is 23.3 Å². The molecule has 0 N–H and O–H groups in total. The average molecular weight is 418 g/mol. The van der Waals surface area contributed by atoms with E-state index in [2.05, 4.69) is 19.8 Å². The predicted octanol–water partition coefficient (Wildman–Crippen LogP) is 2.71. The number of piperazine rings is 1. The van der Waals surface area contributed by atoms with Crippen molar-refractivity contribution in [2.45, 2.75) is 38.1 Å². The number of aromatic nitrogens is 2. The van der Waals surface area contributed by atoms with Crippen LogP contribution in [0.25, 0.3) is 5.57 Å². The molecule has 31 heavy (non-hydrogen) atoms. The van der Waals surface area contributed by atoms with Gasteiger partial charge in [0.2, 0.25) is 5.95 Å². The van der Waals surface area contributed by atoms with E-state index in [1.165, 1.54) is 6.42 Å². The third kappa shape index (κ3) is 3.69. The van der Waals surface area contributed by atoms with Gasteiger partial charge in [-0.25, -0.2) is 9.97 Å². The van der Waals surface area contributed by atoms with Gasteiger partial charge < -0.3 is 9.80 Å². The van der Waals surface area contributed by atoms with Gasteiger partial charge in [0.1, 0.15) is 5.70 Å². The fraction of sp³-hybridized carbons (Fsp3) is 0.417. The van der Waals surface area contributed by atoms with Crippen LogP contribution in [-0.2, 0) is 9.59 Å². The lowest BCUT2D eigenvalue weighted by Crippen LogP contribution is -2.49. The maximum absolute atomic E-state index is 13.6. The van der Waals surface area contributed by atoms with Gasteiger partial charge in [-0.05, 0) is 24.5 Å². The van der Waals surface area contributed by atoms with E-state index in [9.17, 15) is 9.59 Å². The molecule has 1 saturated carbocycles. The molecule has 2 fully saturated rings. The largest absolute Gasteiger partial charge is 0.363 e. The summed E-state index contributed by atoms with van der Waals surface area (Å²) in [6, 6.07) is 11.5. The molecule has 7 heteroatoms. The molecule has 2 amide bonds. The minimum Gasteiger partial charge on any atom is -0.363 e. The van der Waals surface area contributed by atoms with Gasteiger partial charge in [-0.3, -0.25) is 14.5 Å². The molecule has 3 aliphatic rings. The van der Waals surface area contributed by atoms with Crippen LogP contribution in [0.1, 0.15) is 37.7 Å². The summed E-state index contributed by atoms with van der Waals surface area (Å²) in [6.07, 6.45) is 8.64. The summed E-state index contributed by atoms with van der Waals surface area (Å²) in [5.74, 6) is 0.448. The first-order chi connectivity index (χ1) is 15.2. The number of carbonyl (C=O) groups excluding carboxylic acids is 2. The first-order valence-corrected chi connectivity index (χ1v) is 11.2. The van der Waals surface area contributed by atoms with Gasteiger partial charge in [0, 0.05) is 44.6 Å². The van der Waals surface area contributed by atoms with Crippen molar-refractivity contribution < 1.29 is 9.59 Å². The average Bonchev–Trinajstić information content (AvgIpc) is 3.10. The molecule has 2 aromatic rings. The van der Waals surface area contributed by atoms with E-state index in [0.29, 0.717) is 43.4 Å². The SMILES string of the molecule is O=C1C(c2ccccc2)=C(N2CCN(c3ncccn3)CC2)C(=O)N1C1CCCCC1. The van der Waals surface area contributed by atoms with Gasteiger partial charge in [0.25, 0.3) is 11.8 Å². The Morgan fingerprint density at radius 2 is 1.39 bits per heavy atom. The Bertz CT molecular complexity index is 978. The van der Waals surface area contributed by atoms with Crippen molar-refractivity contribution in [3.63, 3.8) is 0 Å². The lowest BCUT2D eigenvalue weighted by molar-refractivity contribution is -0.141. The van der Waals surface area contributed by atoms with Crippen LogP contribution in [0.3, 0.4) is 0 Å². The van der Waals surface area contributed by atoms with E-state index in [1.807, 2.05) is 30.3 Å². The highest BCUT2D eigenvalue weighted by Gasteiger charge is 2.45. The molecule has 1 aromatic carbocycles. The van der Waals surface area contributed by atoms with E-state index < -0.39 is 0 Å². The van der Waals surface area contributed by atoms with Crippen molar-refractivity contribution in [1.29, 1.82) is 0 Å². The highest BCUT2D eigenvalue weighted by atomic mass is 16.2. The molecular weight excluding hydrogens is 390 g/mol. The molecule has 0 unspecified atom stereocenters. The molecule has 0 bridgehead atoms. The van der Waals surface area contributed by atoms with Crippen molar-refractivity contribution in [2.24, 2.45) is 0 Å². The number of benzene rings is 1. The molecule has 1 aromatic heterocycles. The molecule has 0 radical (unpaired) electrons. The normalized spacial score (nSPS) is 20.7. The van der Waals surface area contributed by atoms with Crippen molar-refractivity contribution in [1.82, 2.24) is 19.8 Å². The van der Waals surface area contributed by atoms with Crippen LogP contribution in [0.5, 0.6) is 0 Å². The molecule has 0 spiro atoms. The fourth-order valence-corrected chi connectivity index (χ4v) is 4.95. The Hall–Kier alpha value is -3.22. The third-order valence-electron chi connectivity index (χ3n) is 6.52. The Morgan fingerprint density at radius 1 is 0.742 bits per heavy atom. The molecule has 5 rings (SSSR count). The van der Waals surface area contributed by atoms with Gasteiger partial charge >= 0.3 is 0 Å². The summed E-state index contributed by atoms with van der Waals surface area (Å²) in [4.78, 5) is 41.6. The summed E-state index contributed by atoms with van der Waals surface area (Å²) in [5.41, 5.74) is 1.94. The lowest BCUT2D eigenvalue weighted by Gasteiger charge is -2.37.